The summed E-state index contributed by atoms with van der Waals surface area (Å²) in [6.45, 7) is 1.63. The molecule has 1 rings (SSSR count). The molecule has 1 aliphatic heterocycles. The normalized spacial score (nSPS) is 15.6. The van der Waals surface area contributed by atoms with Gasteiger partial charge < -0.3 is 10.6 Å². The molecule has 0 bridgehead atoms. The quantitative estimate of drug-likeness (QED) is 0.620. The van der Waals surface area contributed by atoms with Crippen molar-refractivity contribution < 1.29 is 4.79 Å². The maximum absolute atomic E-state index is 10.8. The van der Waals surface area contributed by atoms with Crippen molar-refractivity contribution in [2.24, 2.45) is 4.99 Å². The Morgan fingerprint density at radius 1 is 1.67 bits per heavy atom. The fourth-order valence-corrected chi connectivity index (χ4v) is 1.13. The molecular formula is C8H15N3O. The standard InChI is InChI=1S/C8H15N3O/c1-9-8(12)4-6-11-7-3-2-5-10-7/h2-6H2,1H3,(H,9,12)(H,10,11). The predicted molar refractivity (Wildman–Crippen MR) is 48.2 cm³/mol. The van der Waals surface area contributed by atoms with Crippen LogP contribution in [0.2, 0.25) is 0 Å². The number of amides is 1. The molecule has 1 heterocycles. The minimum absolute atomic E-state index is 0.0705. The van der Waals surface area contributed by atoms with Crippen LogP contribution in [0.15, 0.2) is 4.99 Å². The van der Waals surface area contributed by atoms with E-state index in [9.17, 15) is 4.79 Å². The van der Waals surface area contributed by atoms with E-state index in [0.29, 0.717) is 13.0 Å². The highest BCUT2D eigenvalue weighted by Crippen LogP contribution is 2.00. The molecule has 0 aromatic rings. The van der Waals surface area contributed by atoms with Gasteiger partial charge in [-0.3, -0.25) is 9.79 Å². The Morgan fingerprint density at radius 3 is 3.08 bits per heavy atom. The fourth-order valence-electron chi connectivity index (χ4n) is 1.13. The Kier molecular flexibility index (Phi) is 3.57. The Morgan fingerprint density at radius 2 is 2.50 bits per heavy atom. The second-order valence-corrected chi connectivity index (χ2v) is 2.78. The van der Waals surface area contributed by atoms with Gasteiger partial charge in [0.1, 0.15) is 0 Å². The highest BCUT2D eigenvalue weighted by atomic mass is 16.1. The van der Waals surface area contributed by atoms with Crippen LogP contribution in [-0.4, -0.2) is 31.9 Å². The van der Waals surface area contributed by atoms with E-state index in [1.54, 1.807) is 7.05 Å². The Bertz CT molecular complexity index is 189. The van der Waals surface area contributed by atoms with Crippen LogP contribution in [-0.2, 0) is 4.79 Å². The van der Waals surface area contributed by atoms with Crippen LogP contribution >= 0.6 is 0 Å². The van der Waals surface area contributed by atoms with Crippen molar-refractivity contribution in [2.75, 3.05) is 20.1 Å². The van der Waals surface area contributed by atoms with Gasteiger partial charge in [-0.25, -0.2) is 0 Å². The first-order valence-corrected chi connectivity index (χ1v) is 4.30. The highest BCUT2D eigenvalue weighted by molar-refractivity contribution is 5.84. The largest absolute Gasteiger partial charge is 0.373 e. The lowest BCUT2D eigenvalue weighted by Gasteiger charge is -2.03. The maximum atomic E-state index is 10.8. The first-order valence-electron chi connectivity index (χ1n) is 4.30. The van der Waals surface area contributed by atoms with Gasteiger partial charge in [-0.05, 0) is 6.42 Å². The number of nitrogens with one attached hydrogen (secondary N) is 2. The lowest BCUT2D eigenvalue weighted by atomic mass is 10.3. The number of amidine groups is 1. The Hall–Kier alpha value is -1.06. The molecule has 0 spiro atoms. The third-order valence-corrected chi connectivity index (χ3v) is 1.83. The molecule has 0 aliphatic carbocycles. The minimum Gasteiger partial charge on any atom is -0.373 e. The molecule has 12 heavy (non-hydrogen) atoms. The lowest BCUT2D eigenvalue weighted by Crippen LogP contribution is -2.28. The van der Waals surface area contributed by atoms with Gasteiger partial charge in [-0.1, -0.05) is 0 Å². The summed E-state index contributed by atoms with van der Waals surface area (Å²) >= 11 is 0. The maximum Gasteiger partial charge on any atom is 0.221 e. The van der Waals surface area contributed by atoms with E-state index in [2.05, 4.69) is 15.6 Å². The van der Waals surface area contributed by atoms with Crippen molar-refractivity contribution in [3.05, 3.63) is 0 Å². The summed E-state index contributed by atoms with van der Waals surface area (Å²) in [4.78, 5) is 15.0. The highest BCUT2D eigenvalue weighted by Gasteiger charge is 2.05. The van der Waals surface area contributed by atoms with Crippen LogP contribution in [0, 0.1) is 0 Å². The summed E-state index contributed by atoms with van der Waals surface area (Å²) in [5.74, 6) is 1.13. The first-order chi connectivity index (χ1) is 5.83. The van der Waals surface area contributed by atoms with Gasteiger partial charge in [0.2, 0.25) is 5.91 Å². The summed E-state index contributed by atoms with van der Waals surface area (Å²) in [5.41, 5.74) is 0. The van der Waals surface area contributed by atoms with Gasteiger partial charge in [0.15, 0.2) is 0 Å². The van der Waals surface area contributed by atoms with E-state index >= 15 is 0 Å². The molecular weight excluding hydrogens is 154 g/mol. The number of carbonyl (C=O) groups excluding carboxylic acids is 1. The van der Waals surface area contributed by atoms with Crippen LogP contribution in [0.1, 0.15) is 19.3 Å². The van der Waals surface area contributed by atoms with E-state index in [1.807, 2.05) is 0 Å². The summed E-state index contributed by atoms with van der Waals surface area (Å²) in [7, 11) is 1.65. The number of carbonyl (C=O) groups is 1. The second kappa shape index (κ2) is 4.74. The van der Waals surface area contributed by atoms with E-state index < -0.39 is 0 Å². The molecule has 4 heteroatoms. The van der Waals surface area contributed by atoms with Crippen LogP contribution in [0.25, 0.3) is 0 Å². The number of nitrogens with zero attached hydrogens (tertiary/aromatic N) is 1. The van der Waals surface area contributed by atoms with Crippen molar-refractivity contribution >= 4 is 11.7 Å². The number of hydrogen-bond acceptors (Lipinski definition) is 3. The van der Waals surface area contributed by atoms with Gasteiger partial charge >= 0.3 is 0 Å². The third-order valence-electron chi connectivity index (χ3n) is 1.83. The number of rotatable bonds is 3. The third kappa shape index (κ3) is 2.90. The zero-order valence-corrected chi connectivity index (χ0v) is 7.39. The van der Waals surface area contributed by atoms with Crippen molar-refractivity contribution in [3.63, 3.8) is 0 Å². The minimum atomic E-state index is 0.0705. The molecule has 0 aromatic heterocycles. The predicted octanol–water partition coefficient (Wildman–Crippen LogP) is -0.0956. The van der Waals surface area contributed by atoms with Gasteiger partial charge in [0.05, 0.1) is 5.84 Å². The topological polar surface area (TPSA) is 53.5 Å². The molecule has 2 N–H and O–H groups in total. The van der Waals surface area contributed by atoms with Gasteiger partial charge in [-0.2, -0.15) is 0 Å². The molecule has 0 fully saturated rings. The molecule has 1 amide bonds. The van der Waals surface area contributed by atoms with Crippen LogP contribution in [0.4, 0.5) is 0 Å². The summed E-state index contributed by atoms with van der Waals surface area (Å²) in [5, 5.41) is 5.71. The van der Waals surface area contributed by atoms with E-state index in [1.165, 1.54) is 0 Å². The zero-order valence-electron chi connectivity index (χ0n) is 7.39. The fraction of sp³-hybridized carbons (Fsp3) is 0.750. The average molecular weight is 169 g/mol. The van der Waals surface area contributed by atoms with Crippen LogP contribution < -0.4 is 10.6 Å². The molecule has 0 radical (unpaired) electrons. The van der Waals surface area contributed by atoms with Crippen molar-refractivity contribution in [1.29, 1.82) is 0 Å². The van der Waals surface area contributed by atoms with Gasteiger partial charge in [-0.15, -0.1) is 0 Å². The van der Waals surface area contributed by atoms with Crippen LogP contribution in [0.3, 0.4) is 0 Å². The molecule has 0 unspecified atom stereocenters. The lowest BCUT2D eigenvalue weighted by molar-refractivity contribution is -0.120. The summed E-state index contributed by atoms with van der Waals surface area (Å²) in [6.07, 6.45) is 2.70. The SMILES string of the molecule is CNC(=O)CCNC1=NCCC1. The molecule has 0 saturated carbocycles. The van der Waals surface area contributed by atoms with E-state index in [4.69, 9.17) is 0 Å². The zero-order chi connectivity index (χ0) is 8.81. The molecule has 4 nitrogen and oxygen atoms in total. The van der Waals surface area contributed by atoms with Gasteiger partial charge in [0, 0.05) is 33.0 Å². The summed E-state index contributed by atoms with van der Waals surface area (Å²) in [6, 6.07) is 0. The molecule has 1 aliphatic rings. The first kappa shape index (κ1) is 9.03. The van der Waals surface area contributed by atoms with Crippen molar-refractivity contribution in [3.8, 4) is 0 Å². The van der Waals surface area contributed by atoms with Gasteiger partial charge in [0.25, 0.3) is 0 Å². The van der Waals surface area contributed by atoms with E-state index in [-0.39, 0.29) is 5.91 Å². The second-order valence-electron chi connectivity index (χ2n) is 2.78. The van der Waals surface area contributed by atoms with Crippen molar-refractivity contribution in [1.82, 2.24) is 10.6 Å². The van der Waals surface area contributed by atoms with Crippen molar-refractivity contribution in [2.45, 2.75) is 19.3 Å². The Balaban J connectivity index is 2.05. The monoisotopic (exact) mass is 169 g/mol. The molecule has 68 valence electrons. The Labute approximate surface area is 72.4 Å². The smallest absolute Gasteiger partial charge is 0.221 e. The summed E-state index contributed by atoms with van der Waals surface area (Å²) < 4.78 is 0. The average Bonchev–Trinajstić information content (AvgIpc) is 2.57. The van der Waals surface area contributed by atoms with Crippen LogP contribution in [0.5, 0.6) is 0 Å². The molecule has 0 aromatic carbocycles. The number of aliphatic imine (C=N–C) groups is 1. The van der Waals surface area contributed by atoms with E-state index in [0.717, 1.165) is 25.2 Å². The molecule has 0 saturated heterocycles. The molecule has 0 atom stereocenters. The number of hydrogen-bond donors (Lipinski definition) is 2.